The number of carbonyl (C=O) groups is 1. The monoisotopic (exact) mass is 398 g/mol. The molecule has 0 saturated heterocycles. The van der Waals surface area contributed by atoms with Gasteiger partial charge in [-0.3, -0.25) is 4.79 Å². The normalized spacial score (nSPS) is 14.3. The van der Waals surface area contributed by atoms with Gasteiger partial charge in [0.05, 0.1) is 11.3 Å². The Balaban J connectivity index is 1.65. The molecular weight excluding hydrogens is 372 g/mol. The number of hydrogen-bond acceptors (Lipinski definition) is 4. The summed E-state index contributed by atoms with van der Waals surface area (Å²) in [5.41, 5.74) is 6.17. The minimum Gasteiger partial charge on any atom is -0.384 e. The third kappa shape index (κ3) is 4.36. The predicted octanol–water partition coefficient (Wildman–Crippen LogP) is 4.59. The Bertz CT molecular complexity index is 1060. The van der Waals surface area contributed by atoms with Gasteiger partial charge in [-0.15, -0.1) is 0 Å². The van der Waals surface area contributed by atoms with E-state index in [0.29, 0.717) is 5.57 Å². The predicted molar refractivity (Wildman–Crippen MR) is 125 cm³/mol. The number of benzene rings is 3. The number of likely N-dealkylation sites (N-methyl/N-ethyl adjacent to an activating group) is 1. The molecule has 1 amide bonds. The third-order valence-corrected chi connectivity index (χ3v) is 5.03. The SMILES string of the molecule is CN(C)CCNc1ccc(NC(=C2C(=O)Nc3ccccc32)c2ccccc2)cc1. The molecule has 1 aliphatic heterocycles. The van der Waals surface area contributed by atoms with E-state index in [4.69, 9.17) is 0 Å². The second kappa shape index (κ2) is 8.84. The van der Waals surface area contributed by atoms with Crippen LogP contribution in [0.2, 0.25) is 0 Å². The number of nitrogens with one attached hydrogen (secondary N) is 3. The van der Waals surface area contributed by atoms with Gasteiger partial charge in [-0.25, -0.2) is 0 Å². The lowest BCUT2D eigenvalue weighted by atomic mass is 10.00. The number of hydrogen-bond donors (Lipinski definition) is 3. The van der Waals surface area contributed by atoms with Gasteiger partial charge in [-0.05, 0) is 50.0 Å². The molecular formula is C25H26N4O. The van der Waals surface area contributed by atoms with Crippen molar-refractivity contribution < 1.29 is 4.79 Å². The highest BCUT2D eigenvalue weighted by Gasteiger charge is 2.27. The second-order valence-electron chi connectivity index (χ2n) is 7.55. The van der Waals surface area contributed by atoms with Crippen LogP contribution in [0.15, 0.2) is 78.9 Å². The molecule has 0 aliphatic carbocycles. The fourth-order valence-electron chi connectivity index (χ4n) is 3.49. The zero-order valence-electron chi connectivity index (χ0n) is 17.3. The number of nitrogens with zero attached hydrogens (tertiary/aromatic N) is 1. The van der Waals surface area contributed by atoms with Crippen molar-refractivity contribution in [3.63, 3.8) is 0 Å². The molecule has 0 aromatic heterocycles. The summed E-state index contributed by atoms with van der Waals surface area (Å²) in [5.74, 6) is -0.0930. The van der Waals surface area contributed by atoms with Crippen LogP contribution < -0.4 is 16.0 Å². The van der Waals surface area contributed by atoms with Gasteiger partial charge in [-0.2, -0.15) is 0 Å². The number of amides is 1. The summed E-state index contributed by atoms with van der Waals surface area (Å²) in [6, 6.07) is 25.9. The summed E-state index contributed by atoms with van der Waals surface area (Å²) < 4.78 is 0. The van der Waals surface area contributed by atoms with E-state index in [1.54, 1.807) is 0 Å². The van der Waals surface area contributed by atoms with Crippen LogP contribution in [0.1, 0.15) is 11.1 Å². The zero-order valence-corrected chi connectivity index (χ0v) is 17.3. The maximum Gasteiger partial charge on any atom is 0.258 e. The molecule has 5 nitrogen and oxygen atoms in total. The van der Waals surface area contributed by atoms with Crippen LogP contribution in [0.25, 0.3) is 11.3 Å². The highest BCUT2D eigenvalue weighted by Crippen LogP contribution is 2.37. The molecule has 5 heteroatoms. The Kier molecular flexibility index (Phi) is 5.82. The van der Waals surface area contributed by atoms with E-state index in [1.807, 2.05) is 78.9 Å². The van der Waals surface area contributed by atoms with Crippen LogP contribution in [-0.4, -0.2) is 38.0 Å². The molecule has 152 valence electrons. The average molecular weight is 399 g/mol. The van der Waals surface area contributed by atoms with Crippen LogP contribution in [0.4, 0.5) is 17.1 Å². The highest BCUT2D eigenvalue weighted by molar-refractivity contribution is 6.37. The molecule has 0 atom stereocenters. The van der Waals surface area contributed by atoms with Crippen molar-refractivity contribution in [3.05, 3.63) is 90.0 Å². The largest absolute Gasteiger partial charge is 0.384 e. The maximum atomic E-state index is 12.8. The molecule has 4 rings (SSSR count). The van der Waals surface area contributed by atoms with Crippen LogP contribution in [0.5, 0.6) is 0 Å². The molecule has 0 unspecified atom stereocenters. The number of para-hydroxylation sites is 1. The lowest BCUT2D eigenvalue weighted by Gasteiger charge is -2.16. The number of carbonyl (C=O) groups excluding carboxylic acids is 1. The van der Waals surface area contributed by atoms with Gasteiger partial charge in [0.25, 0.3) is 5.91 Å². The summed E-state index contributed by atoms with van der Waals surface area (Å²) >= 11 is 0. The Morgan fingerprint density at radius 1 is 0.867 bits per heavy atom. The molecule has 0 bridgehead atoms. The molecule has 0 fully saturated rings. The molecule has 0 spiro atoms. The van der Waals surface area contributed by atoms with E-state index in [9.17, 15) is 4.79 Å². The van der Waals surface area contributed by atoms with E-state index < -0.39 is 0 Å². The van der Waals surface area contributed by atoms with Crippen molar-refractivity contribution in [1.82, 2.24) is 4.90 Å². The molecule has 3 aromatic carbocycles. The fourth-order valence-corrected chi connectivity index (χ4v) is 3.49. The first-order chi connectivity index (χ1) is 14.6. The number of anilines is 3. The van der Waals surface area contributed by atoms with Crippen LogP contribution in [0.3, 0.4) is 0 Å². The Morgan fingerprint density at radius 2 is 1.53 bits per heavy atom. The molecule has 0 radical (unpaired) electrons. The molecule has 30 heavy (non-hydrogen) atoms. The van der Waals surface area contributed by atoms with E-state index in [-0.39, 0.29) is 5.91 Å². The van der Waals surface area contributed by atoms with E-state index >= 15 is 0 Å². The summed E-state index contributed by atoms with van der Waals surface area (Å²) in [6.07, 6.45) is 0. The van der Waals surface area contributed by atoms with Gasteiger partial charge >= 0.3 is 0 Å². The van der Waals surface area contributed by atoms with E-state index in [1.165, 1.54) is 0 Å². The lowest BCUT2D eigenvalue weighted by Crippen LogP contribution is -2.20. The minimum absolute atomic E-state index is 0.0930. The topological polar surface area (TPSA) is 56.4 Å². The maximum absolute atomic E-state index is 12.8. The summed E-state index contributed by atoms with van der Waals surface area (Å²) in [6.45, 7) is 1.86. The van der Waals surface area contributed by atoms with Crippen molar-refractivity contribution >= 4 is 34.2 Å². The van der Waals surface area contributed by atoms with Crippen molar-refractivity contribution in [2.24, 2.45) is 0 Å². The van der Waals surface area contributed by atoms with Gasteiger partial charge in [0.2, 0.25) is 0 Å². The second-order valence-corrected chi connectivity index (χ2v) is 7.55. The average Bonchev–Trinajstić information content (AvgIpc) is 3.09. The van der Waals surface area contributed by atoms with Crippen LogP contribution in [0, 0.1) is 0 Å². The van der Waals surface area contributed by atoms with Crippen molar-refractivity contribution in [2.75, 3.05) is 43.1 Å². The first-order valence-electron chi connectivity index (χ1n) is 10.1. The van der Waals surface area contributed by atoms with Crippen molar-refractivity contribution in [3.8, 4) is 0 Å². The van der Waals surface area contributed by atoms with E-state index in [2.05, 4.69) is 34.9 Å². The first-order valence-corrected chi connectivity index (χ1v) is 10.1. The van der Waals surface area contributed by atoms with Gasteiger partial charge in [0, 0.05) is 35.7 Å². The molecule has 0 saturated carbocycles. The Morgan fingerprint density at radius 3 is 2.27 bits per heavy atom. The number of fused-ring (bicyclic) bond motifs is 1. The van der Waals surface area contributed by atoms with Gasteiger partial charge in [-0.1, -0.05) is 48.5 Å². The summed E-state index contributed by atoms with van der Waals surface area (Å²) in [5, 5.41) is 9.88. The van der Waals surface area contributed by atoms with E-state index in [0.717, 1.165) is 47.0 Å². The van der Waals surface area contributed by atoms with Gasteiger partial charge in [0.1, 0.15) is 0 Å². The zero-order chi connectivity index (χ0) is 20.9. The quantitative estimate of drug-likeness (QED) is 0.510. The van der Waals surface area contributed by atoms with Gasteiger partial charge < -0.3 is 20.9 Å². The highest BCUT2D eigenvalue weighted by atomic mass is 16.2. The Hall–Kier alpha value is -3.57. The molecule has 1 aliphatic rings. The minimum atomic E-state index is -0.0930. The smallest absolute Gasteiger partial charge is 0.258 e. The van der Waals surface area contributed by atoms with Crippen LogP contribution in [-0.2, 0) is 4.79 Å². The molecule has 3 N–H and O–H groups in total. The summed E-state index contributed by atoms with van der Waals surface area (Å²) in [4.78, 5) is 15.0. The fraction of sp³-hybridized carbons (Fsp3) is 0.160. The molecule has 3 aromatic rings. The first kappa shape index (κ1) is 19.7. The van der Waals surface area contributed by atoms with Crippen molar-refractivity contribution in [1.29, 1.82) is 0 Å². The number of rotatable bonds is 7. The third-order valence-electron chi connectivity index (χ3n) is 5.03. The standard InChI is InChI=1S/C25H26N4O/c1-29(2)17-16-26-19-12-14-20(15-13-19)27-24(18-8-4-3-5-9-18)23-21-10-6-7-11-22(21)28-25(23)30/h3-15,26-27H,16-17H2,1-2H3,(H,28,30). The van der Waals surface area contributed by atoms with Crippen molar-refractivity contribution in [2.45, 2.75) is 0 Å². The lowest BCUT2D eigenvalue weighted by molar-refractivity contribution is -0.110. The molecule has 1 heterocycles. The Labute approximate surface area is 177 Å². The van der Waals surface area contributed by atoms with Crippen LogP contribution >= 0.6 is 0 Å². The van der Waals surface area contributed by atoms with Gasteiger partial charge in [0.15, 0.2) is 0 Å². The summed E-state index contributed by atoms with van der Waals surface area (Å²) in [7, 11) is 4.12.